The number of benzene rings is 1. The van der Waals surface area contributed by atoms with Crippen molar-refractivity contribution in [1.29, 1.82) is 0 Å². The van der Waals surface area contributed by atoms with Crippen molar-refractivity contribution in [2.75, 3.05) is 7.05 Å². The van der Waals surface area contributed by atoms with Gasteiger partial charge in [-0.25, -0.2) is 14.8 Å². The Hall–Kier alpha value is -3.33. The molecule has 0 saturated heterocycles. The molecule has 0 bridgehead atoms. The molecule has 3 aromatic heterocycles. The minimum atomic E-state index is -0.478. The van der Waals surface area contributed by atoms with E-state index in [-0.39, 0.29) is 22.5 Å². The van der Waals surface area contributed by atoms with Gasteiger partial charge in [-0.3, -0.25) is 18.7 Å². The van der Waals surface area contributed by atoms with Crippen LogP contribution in [0.1, 0.15) is 15.4 Å². The molecule has 4 aromatic rings. The normalized spacial score (nSPS) is 11.2. The second-order valence-corrected chi connectivity index (χ2v) is 7.65. The van der Waals surface area contributed by atoms with Crippen LogP contribution in [0.4, 0.5) is 0 Å². The zero-order chi connectivity index (χ0) is 20.0. The molecular formula is C19H17N5O3S. The average molecular weight is 395 g/mol. The highest BCUT2D eigenvalue weighted by Crippen LogP contribution is 2.22. The molecule has 0 aliphatic rings. The number of fused-ring (bicyclic) bond motifs is 2. The van der Waals surface area contributed by atoms with Gasteiger partial charge in [-0.2, -0.15) is 0 Å². The molecule has 0 atom stereocenters. The van der Waals surface area contributed by atoms with E-state index in [1.165, 1.54) is 47.2 Å². The minimum Gasteiger partial charge on any atom is -0.335 e. The van der Waals surface area contributed by atoms with Gasteiger partial charge >= 0.3 is 5.69 Å². The van der Waals surface area contributed by atoms with Crippen LogP contribution in [0.25, 0.3) is 21.3 Å². The van der Waals surface area contributed by atoms with E-state index >= 15 is 0 Å². The van der Waals surface area contributed by atoms with Crippen molar-refractivity contribution in [1.82, 2.24) is 24.0 Å². The smallest absolute Gasteiger partial charge is 0.332 e. The number of hydrogen-bond acceptors (Lipinski definition) is 6. The molecule has 0 saturated carbocycles. The lowest BCUT2D eigenvalue weighted by Crippen LogP contribution is -2.37. The Balaban J connectivity index is 1.68. The molecule has 0 spiro atoms. The second kappa shape index (κ2) is 6.68. The maximum Gasteiger partial charge on any atom is 0.332 e. The molecule has 0 fully saturated rings. The summed E-state index contributed by atoms with van der Waals surface area (Å²) in [6.45, 7) is 0.349. The van der Waals surface area contributed by atoms with Gasteiger partial charge in [0.2, 0.25) is 0 Å². The van der Waals surface area contributed by atoms with Crippen molar-refractivity contribution in [2.24, 2.45) is 14.1 Å². The number of aromatic nitrogens is 4. The number of para-hydroxylation sites is 1. The highest BCUT2D eigenvalue weighted by molar-refractivity contribution is 7.18. The number of nitrogens with zero attached hydrogens (tertiary/aromatic N) is 5. The van der Waals surface area contributed by atoms with E-state index in [0.717, 1.165) is 19.8 Å². The summed E-state index contributed by atoms with van der Waals surface area (Å²) in [5.74, 6) is -0.274. The molecule has 142 valence electrons. The Kier molecular flexibility index (Phi) is 4.31. The van der Waals surface area contributed by atoms with Crippen LogP contribution in [0.15, 0.2) is 46.1 Å². The Bertz CT molecular complexity index is 1320. The Morgan fingerprint density at radius 3 is 2.68 bits per heavy atom. The van der Waals surface area contributed by atoms with Crippen molar-refractivity contribution in [2.45, 2.75) is 6.54 Å². The van der Waals surface area contributed by atoms with Crippen LogP contribution in [0.3, 0.4) is 0 Å². The van der Waals surface area contributed by atoms with E-state index in [0.29, 0.717) is 6.54 Å². The monoisotopic (exact) mass is 395 g/mol. The first-order chi connectivity index (χ1) is 13.4. The van der Waals surface area contributed by atoms with Crippen molar-refractivity contribution in [3.05, 3.63) is 67.9 Å². The lowest BCUT2D eigenvalue weighted by atomic mass is 10.2. The van der Waals surface area contributed by atoms with Crippen LogP contribution in [0, 0.1) is 0 Å². The molecule has 1 amide bonds. The van der Waals surface area contributed by atoms with E-state index in [2.05, 4.69) is 9.97 Å². The number of amides is 1. The van der Waals surface area contributed by atoms with Gasteiger partial charge < -0.3 is 4.90 Å². The molecular weight excluding hydrogens is 378 g/mol. The Labute approximate surface area is 163 Å². The fraction of sp³-hybridized carbons (Fsp3) is 0.211. The third kappa shape index (κ3) is 2.89. The van der Waals surface area contributed by atoms with Crippen LogP contribution >= 0.6 is 11.3 Å². The zero-order valence-electron chi connectivity index (χ0n) is 15.5. The fourth-order valence-electron chi connectivity index (χ4n) is 3.06. The first kappa shape index (κ1) is 18.1. The van der Waals surface area contributed by atoms with Gasteiger partial charge in [-0.1, -0.05) is 12.1 Å². The van der Waals surface area contributed by atoms with E-state index in [1.807, 2.05) is 24.3 Å². The number of hydrogen-bond donors (Lipinski definition) is 0. The molecule has 0 N–H and O–H groups in total. The summed E-state index contributed by atoms with van der Waals surface area (Å²) in [6, 6.07) is 9.29. The molecule has 0 aliphatic heterocycles. The lowest BCUT2D eigenvalue weighted by molar-refractivity contribution is 0.0785. The van der Waals surface area contributed by atoms with Crippen molar-refractivity contribution in [3.8, 4) is 0 Å². The average Bonchev–Trinajstić information content (AvgIpc) is 3.11. The van der Waals surface area contributed by atoms with Gasteiger partial charge in [0.15, 0.2) is 0 Å². The predicted octanol–water partition coefficient (Wildman–Crippen LogP) is 1.51. The SMILES string of the molecule is CN(Cc1nc2ccccc2s1)C(=O)c1cnc2c(c1)c(=O)n(C)c(=O)n2C. The quantitative estimate of drug-likeness (QED) is 0.525. The third-order valence-electron chi connectivity index (χ3n) is 4.60. The summed E-state index contributed by atoms with van der Waals surface area (Å²) >= 11 is 1.54. The topological polar surface area (TPSA) is 90.1 Å². The van der Waals surface area contributed by atoms with Gasteiger partial charge in [0.1, 0.15) is 10.7 Å². The first-order valence-corrected chi connectivity index (χ1v) is 9.34. The zero-order valence-corrected chi connectivity index (χ0v) is 16.4. The van der Waals surface area contributed by atoms with Crippen LogP contribution < -0.4 is 11.2 Å². The number of aryl methyl sites for hydroxylation is 1. The highest BCUT2D eigenvalue weighted by atomic mass is 32.1. The molecule has 28 heavy (non-hydrogen) atoms. The molecule has 8 nitrogen and oxygen atoms in total. The fourth-order valence-corrected chi connectivity index (χ4v) is 4.09. The van der Waals surface area contributed by atoms with Gasteiger partial charge in [-0.15, -0.1) is 11.3 Å². The molecule has 3 heterocycles. The molecule has 9 heteroatoms. The Morgan fingerprint density at radius 2 is 1.93 bits per heavy atom. The summed E-state index contributed by atoms with van der Waals surface area (Å²) in [6.07, 6.45) is 1.39. The lowest BCUT2D eigenvalue weighted by Gasteiger charge is -2.16. The molecule has 0 aliphatic carbocycles. The summed E-state index contributed by atoms with van der Waals surface area (Å²) in [7, 11) is 4.62. The first-order valence-electron chi connectivity index (χ1n) is 8.52. The number of pyridine rings is 1. The summed E-state index contributed by atoms with van der Waals surface area (Å²) in [4.78, 5) is 47.5. The number of rotatable bonds is 3. The van der Waals surface area contributed by atoms with Crippen molar-refractivity contribution < 1.29 is 4.79 Å². The van der Waals surface area contributed by atoms with E-state index in [4.69, 9.17) is 0 Å². The summed E-state index contributed by atoms with van der Waals surface area (Å²) < 4.78 is 3.36. The standard InChI is InChI=1S/C19H17N5O3S/c1-22(10-15-21-13-6-4-5-7-14(13)28-15)17(25)11-8-12-16(20-9-11)23(2)19(27)24(3)18(12)26/h4-9H,10H2,1-3H3. The van der Waals surface area contributed by atoms with Gasteiger partial charge in [0.05, 0.1) is 27.7 Å². The Morgan fingerprint density at radius 1 is 1.18 bits per heavy atom. The molecule has 0 radical (unpaired) electrons. The van der Waals surface area contributed by atoms with Crippen LogP contribution in [-0.2, 0) is 20.6 Å². The number of thiazole rings is 1. The second-order valence-electron chi connectivity index (χ2n) is 6.54. The summed E-state index contributed by atoms with van der Waals surface area (Å²) in [5.41, 5.74) is 0.497. The van der Waals surface area contributed by atoms with Crippen LogP contribution in [-0.4, -0.2) is 37.0 Å². The highest BCUT2D eigenvalue weighted by Gasteiger charge is 2.17. The van der Waals surface area contributed by atoms with E-state index in [1.54, 1.807) is 7.05 Å². The number of carbonyl (C=O) groups is 1. The predicted molar refractivity (Wildman–Crippen MR) is 108 cm³/mol. The maximum atomic E-state index is 12.8. The van der Waals surface area contributed by atoms with Crippen LogP contribution in [0.5, 0.6) is 0 Å². The van der Waals surface area contributed by atoms with Gasteiger partial charge in [-0.05, 0) is 18.2 Å². The van der Waals surface area contributed by atoms with E-state index < -0.39 is 11.2 Å². The molecule has 1 aromatic carbocycles. The molecule has 0 unspecified atom stereocenters. The summed E-state index contributed by atoms with van der Waals surface area (Å²) in [5, 5.41) is 1.05. The third-order valence-corrected chi connectivity index (χ3v) is 5.62. The largest absolute Gasteiger partial charge is 0.335 e. The minimum absolute atomic E-state index is 0.226. The van der Waals surface area contributed by atoms with Crippen molar-refractivity contribution in [3.63, 3.8) is 0 Å². The van der Waals surface area contributed by atoms with E-state index in [9.17, 15) is 14.4 Å². The number of carbonyl (C=O) groups excluding carboxylic acids is 1. The molecule has 4 rings (SSSR count). The van der Waals surface area contributed by atoms with Gasteiger partial charge in [0.25, 0.3) is 11.5 Å². The van der Waals surface area contributed by atoms with Crippen molar-refractivity contribution >= 4 is 38.5 Å². The maximum absolute atomic E-state index is 12.8. The van der Waals surface area contributed by atoms with Gasteiger partial charge in [0, 0.05) is 27.3 Å². The van der Waals surface area contributed by atoms with Crippen LogP contribution in [0.2, 0.25) is 0 Å².